The van der Waals surface area contributed by atoms with Crippen molar-refractivity contribution in [3.8, 4) is 17.3 Å². The number of thioether (sulfide) groups is 1. The minimum Gasteiger partial charge on any atom is -0.461 e. The Morgan fingerprint density at radius 2 is 1.53 bits per heavy atom. The monoisotopic (exact) mass is 415 g/mol. The van der Waals surface area contributed by atoms with Crippen LogP contribution in [-0.2, 0) is 12.2 Å². The summed E-state index contributed by atoms with van der Waals surface area (Å²) in [6.07, 6.45) is 2.24. The molecule has 7 nitrogen and oxygen atoms in total. The summed E-state index contributed by atoms with van der Waals surface area (Å²) in [5.41, 5.74) is 2.08. The van der Waals surface area contributed by atoms with E-state index in [9.17, 15) is 0 Å². The van der Waals surface area contributed by atoms with Crippen LogP contribution in [0.4, 0.5) is 0 Å². The molecule has 148 valence electrons. The molecule has 0 aliphatic rings. The van der Waals surface area contributed by atoms with Gasteiger partial charge in [0.2, 0.25) is 17.6 Å². The van der Waals surface area contributed by atoms with Crippen LogP contribution < -0.4 is 0 Å². The fourth-order valence-electron chi connectivity index (χ4n) is 3.05. The molecule has 0 radical (unpaired) electrons. The molecular formula is C22H17N5O2S. The minimum absolute atomic E-state index is 0.491. The first kappa shape index (κ1) is 18.4. The first-order valence-corrected chi connectivity index (χ1v) is 10.4. The molecule has 30 heavy (non-hydrogen) atoms. The molecule has 0 amide bonds. The molecule has 8 heteroatoms. The van der Waals surface area contributed by atoms with Crippen molar-refractivity contribution in [1.82, 2.24) is 25.0 Å². The molecular weight excluding hydrogens is 398 g/mol. The highest BCUT2D eigenvalue weighted by Gasteiger charge is 2.19. The predicted octanol–water partition coefficient (Wildman–Crippen LogP) is 4.79. The number of benzene rings is 2. The van der Waals surface area contributed by atoms with E-state index in [-0.39, 0.29) is 0 Å². The van der Waals surface area contributed by atoms with Gasteiger partial charge in [-0.05, 0) is 29.8 Å². The second-order valence-electron chi connectivity index (χ2n) is 6.50. The minimum atomic E-state index is 0.491. The molecule has 5 aromatic rings. The van der Waals surface area contributed by atoms with Crippen LogP contribution in [0.2, 0.25) is 0 Å². The van der Waals surface area contributed by atoms with Gasteiger partial charge < -0.3 is 8.83 Å². The maximum absolute atomic E-state index is 5.81. The molecule has 2 aromatic carbocycles. The lowest BCUT2D eigenvalue weighted by Gasteiger charge is -2.08. The van der Waals surface area contributed by atoms with Crippen LogP contribution in [0.3, 0.4) is 0 Å². The maximum atomic E-state index is 5.81. The zero-order valence-electron chi connectivity index (χ0n) is 15.9. The summed E-state index contributed by atoms with van der Waals surface area (Å²) in [7, 11) is 0. The summed E-state index contributed by atoms with van der Waals surface area (Å²) < 4.78 is 13.3. The molecule has 5 rings (SSSR count). The van der Waals surface area contributed by atoms with Crippen LogP contribution in [0.1, 0.15) is 17.3 Å². The molecule has 0 saturated carbocycles. The number of aromatic nitrogens is 5. The third kappa shape index (κ3) is 3.90. The standard InChI is InChI=1S/C22H17N5O2S/c1-3-8-16(9-4-1)14-19-23-24-20(29-19)15-30-22-26-25-21(18-12-7-13-28-18)27(22)17-10-5-2-6-11-17/h1-13H,14-15H2. The van der Waals surface area contributed by atoms with Gasteiger partial charge in [0.25, 0.3) is 0 Å². The van der Waals surface area contributed by atoms with Crippen molar-refractivity contribution in [3.63, 3.8) is 0 Å². The van der Waals surface area contributed by atoms with Crippen LogP contribution in [0.15, 0.2) is 93.1 Å². The van der Waals surface area contributed by atoms with Gasteiger partial charge in [0.15, 0.2) is 10.9 Å². The molecule has 0 bridgehead atoms. The molecule has 0 spiro atoms. The Morgan fingerprint density at radius 1 is 0.767 bits per heavy atom. The molecule has 0 saturated heterocycles. The average Bonchev–Trinajstić information content (AvgIpc) is 3.54. The molecule has 0 atom stereocenters. The molecule has 0 unspecified atom stereocenters. The van der Waals surface area contributed by atoms with Crippen LogP contribution in [0.5, 0.6) is 0 Å². The topological polar surface area (TPSA) is 82.8 Å². The molecule has 3 aromatic heterocycles. The van der Waals surface area contributed by atoms with Crippen molar-refractivity contribution < 1.29 is 8.83 Å². The Kier molecular flexibility index (Phi) is 5.14. The van der Waals surface area contributed by atoms with Crippen molar-refractivity contribution >= 4 is 11.8 Å². The summed E-state index contributed by atoms with van der Waals surface area (Å²) in [5.74, 6) is 2.93. The number of furan rings is 1. The molecule has 3 heterocycles. The van der Waals surface area contributed by atoms with Gasteiger partial charge >= 0.3 is 0 Å². The number of hydrogen-bond donors (Lipinski definition) is 0. The second-order valence-corrected chi connectivity index (χ2v) is 7.44. The molecule has 0 fully saturated rings. The van der Waals surface area contributed by atoms with Crippen molar-refractivity contribution in [2.24, 2.45) is 0 Å². The predicted molar refractivity (Wildman–Crippen MR) is 112 cm³/mol. The zero-order chi connectivity index (χ0) is 20.2. The van der Waals surface area contributed by atoms with E-state index in [1.807, 2.05) is 77.4 Å². The van der Waals surface area contributed by atoms with E-state index >= 15 is 0 Å². The highest BCUT2D eigenvalue weighted by molar-refractivity contribution is 7.98. The Balaban J connectivity index is 1.37. The highest BCUT2D eigenvalue weighted by atomic mass is 32.2. The Labute approximate surface area is 176 Å². The van der Waals surface area contributed by atoms with Crippen LogP contribution in [0, 0.1) is 0 Å². The molecule has 0 aliphatic heterocycles. The number of rotatable bonds is 7. The van der Waals surface area contributed by atoms with Crippen LogP contribution in [0.25, 0.3) is 17.3 Å². The number of nitrogens with zero attached hydrogens (tertiary/aromatic N) is 5. The molecule has 0 aliphatic carbocycles. The normalized spacial score (nSPS) is 11.1. The lowest BCUT2D eigenvalue weighted by atomic mass is 10.2. The van der Waals surface area contributed by atoms with Crippen LogP contribution >= 0.6 is 11.8 Å². The van der Waals surface area contributed by atoms with E-state index in [4.69, 9.17) is 8.83 Å². The van der Waals surface area contributed by atoms with Gasteiger partial charge in [0.05, 0.1) is 18.4 Å². The lowest BCUT2D eigenvalue weighted by molar-refractivity contribution is 0.474. The van der Waals surface area contributed by atoms with E-state index in [0.29, 0.717) is 35.5 Å². The van der Waals surface area contributed by atoms with Crippen molar-refractivity contribution in [2.45, 2.75) is 17.3 Å². The van der Waals surface area contributed by atoms with Gasteiger partial charge in [-0.2, -0.15) is 0 Å². The summed E-state index contributed by atoms with van der Waals surface area (Å²) in [4.78, 5) is 0. The number of hydrogen-bond acceptors (Lipinski definition) is 7. The van der Waals surface area contributed by atoms with Gasteiger partial charge in [0.1, 0.15) is 0 Å². The summed E-state index contributed by atoms with van der Waals surface area (Å²) in [6, 6.07) is 23.7. The van der Waals surface area contributed by atoms with E-state index in [1.54, 1.807) is 6.26 Å². The van der Waals surface area contributed by atoms with Gasteiger partial charge in [-0.1, -0.05) is 60.3 Å². The fraction of sp³-hybridized carbons (Fsp3) is 0.0909. The highest BCUT2D eigenvalue weighted by Crippen LogP contribution is 2.29. The van der Waals surface area contributed by atoms with Crippen LogP contribution in [-0.4, -0.2) is 25.0 Å². The second kappa shape index (κ2) is 8.38. The smallest absolute Gasteiger partial charge is 0.226 e. The van der Waals surface area contributed by atoms with Crippen molar-refractivity contribution in [1.29, 1.82) is 0 Å². The average molecular weight is 415 g/mol. The van der Waals surface area contributed by atoms with Gasteiger partial charge in [0, 0.05) is 5.69 Å². The van der Waals surface area contributed by atoms with E-state index in [1.165, 1.54) is 11.8 Å². The van der Waals surface area contributed by atoms with Crippen molar-refractivity contribution in [2.75, 3.05) is 0 Å². The van der Waals surface area contributed by atoms with Gasteiger partial charge in [-0.25, -0.2) is 0 Å². The molecule has 0 N–H and O–H groups in total. The van der Waals surface area contributed by atoms with E-state index in [0.717, 1.165) is 16.4 Å². The largest absolute Gasteiger partial charge is 0.461 e. The summed E-state index contributed by atoms with van der Waals surface area (Å²) in [6.45, 7) is 0. The summed E-state index contributed by atoms with van der Waals surface area (Å²) in [5, 5.41) is 17.8. The van der Waals surface area contributed by atoms with Gasteiger partial charge in [-0.15, -0.1) is 20.4 Å². The number of para-hydroxylation sites is 1. The third-order valence-corrected chi connectivity index (χ3v) is 5.33. The lowest BCUT2D eigenvalue weighted by Crippen LogP contribution is -1.99. The van der Waals surface area contributed by atoms with E-state index in [2.05, 4.69) is 20.4 Å². The zero-order valence-corrected chi connectivity index (χ0v) is 16.7. The Hall–Kier alpha value is -3.65. The maximum Gasteiger partial charge on any atom is 0.226 e. The fourth-order valence-corrected chi connectivity index (χ4v) is 3.84. The SMILES string of the molecule is c1ccc(Cc2nnc(CSc3nnc(-c4ccco4)n3-c3ccccc3)o2)cc1. The Morgan fingerprint density at radius 3 is 2.30 bits per heavy atom. The summed E-state index contributed by atoms with van der Waals surface area (Å²) >= 11 is 1.48. The first-order chi connectivity index (χ1) is 14.9. The Bertz CT molecular complexity index is 1220. The van der Waals surface area contributed by atoms with Crippen molar-refractivity contribution in [3.05, 3.63) is 96.4 Å². The first-order valence-electron chi connectivity index (χ1n) is 9.39. The van der Waals surface area contributed by atoms with E-state index < -0.39 is 0 Å². The quantitative estimate of drug-likeness (QED) is 0.353. The van der Waals surface area contributed by atoms with Gasteiger partial charge in [-0.3, -0.25) is 4.57 Å². The third-order valence-electron chi connectivity index (χ3n) is 4.42.